The van der Waals surface area contributed by atoms with Crippen molar-refractivity contribution in [3.05, 3.63) is 0 Å². The van der Waals surface area contributed by atoms with Crippen molar-refractivity contribution in [3.8, 4) is 0 Å². The van der Waals surface area contributed by atoms with Crippen molar-refractivity contribution in [1.82, 2.24) is 4.73 Å². The Hall–Kier alpha value is 0.137. The third-order valence-electron chi connectivity index (χ3n) is 1.22. The average Bonchev–Trinajstić information content (AvgIpc) is 1.62. The third-order valence-corrected chi connectivity index (χ3v) is 3.29. The summed E-state index contributed by atoms with van der Waals surface area (Å²) in [6, 6.07) is 0. The molecule has 0 aromatic heterocycles. The summed E-state index contributed by atoms with van der Waals surface area (Å²) in [6.07, 6.45) is 0. The first-order valence-electron chi connectivity index (χ1n) is 2.76. The highest BCUT2D eigenvalue weighted by molar-refractivity contribution is 6.72. The van der Waals surface area contributed by atoms with E-state index in [2.05, 4.69) is 19.6 Å². The molecule has 50 valence electrons. The minimum Gasteiger partial charge on any atom is -0.310 e. The van der Waals surface area contributed by atoms with Gasteiger partial charge < -0.3 is 4.84 Å². The second-order valence-corrected chi connectivity index (χ2v) is 7.82. The second kappa shape index (κ2) is 2.62. The van der Waals surface area contributed by atoms with E-state index in [9.17, 15) is 0 Å². The molecule has 0 saturated carbocycles. The van der Waals surface area contributed by atoms with Crippen molar-refractivity contribution in [2.45, 2.75) is 19.6 Å². The summed E-state index contributed by atoms with van der Waals surface area (Å²) in [7, 11) is 2.54. The third kappa shape index (κ3) is 2.45. The van der Waals surface area contributed by atoms with Crippen molar-refractivity contribution < 1.29 is 4.84 Å². The number of nitrogens with zero attached hydrogens (tertiary/aromatic N) is 1. The first-order chi connectivity index (χ1) is 3.48. The van der Waals surface area contributed by atoms with E-state index in [4.69, 9.17) is 4.84 Å². The van der Waals surface area contributed by atoms with Crippen molar-refractivity contribution in [3.63, 3.8) is 0 Å². The van der Waals surface area contributed by atoms with E-state index in [1.54, 1.807) is 7.11 Å². The molecule has 8 heavy (non-hydrogen) atoms. The smallest absolute Gasteiger partial charge is 0.151 e. The fourth-order valence-corrected chi connectivity index (χ4v) is 0.822. The van der Waals surface area contributed by atoms with Gasteiger partial charge in [0.05, 0.1) is 7.11 Å². The van der Waals surface area contributed by atoms with Crippen molar-refractivity contribution in [2.24, 2.45) is 0 Å². The van der Waals surface area contributed by atoms with Gasteiger partial charge in [-0.25, -0.2) is 4.73 Å². The first-order valence-corrected chi connectivity index (χ1v) is 6.21. The van der Waals surface area contributed by atoms with Crippen LogP contribution in [0, 0.1) is 0 Å². The monoisotopic (exact) mass is 133 g/mol. The van der Waals surface area contributed by atoms with E-state index >= 15 is 0 Å². The van der Waals surface area contributed by atoms with Crippen molar-refractivity contribution >= 4 is 8.24 Å². The molecule has 0 bridgehead atoms. The zero-order valence-corrected chi connectivity index (χ0v) is 7.36. The summed E-state index contributed by atoms with van der Waals surface area (Å²) in [6.45, 7) is 6.70. The molecule has 0 N–H and O–H groups in total. The SMILES string of the molecule is CON(C)[Si](C)(C)C. The molecule has 0 aliphatic carbocycles. The van der Waals surface area contributed by atoms with Crippen molar-refractivity contribution in [1.29, 1.82) is 0 Å². The maximum absolute atomic E-state index is 5.01. The minimum atomic E-state index is -1.15. The molecule has 0 atom stereocenters. The average molecular weight is 133 g/mol. The number of hydroxylamine groups is 1. The highest BCUT2D eigenvalue weighted by atomic mass is 28.3. The van der Waals surface area contributed by atoms with Gasteiger partial charge in [0.15, 0.2) is 8.24 Å². The summed E-state index contributed by atoms with van der Waals surface area (Å²) in [5, 5.41) is 0. The van der Waals surface area contributed by atoms with Gasteiger partial charge in [-0.3, -0.25) is 0 Å². The fourth-order valence-electron chi connectivity index (χ4n) is 0.274. The largest absolute Gasteiger partial charge is 0.310 e. The summed E-state index contributed by atoms with van der Waals surface area (Å²) >= 11 is 0. The zero-order valence-electron chi connectivity index (χ0n) is 6.36. The Morgan fingerprint density at radius 1 is 1.25 bits per heavy atom. The predicted molar refractivity (Wildman–Crippen MR) is 38.1 cm³/mol. The van der Waals surface area contributed by atoms with Gasteiger partial charge in [0.2, 0.25) is 0 Å². The molecule has 0 amide bonds. The summed E-state index contributed by atoms with van der Waals surface area (Å²) in [4.78, 5) is 5.01. The Balaban J connectivity index is 3.62. The van der Waals surface area contributed by atoms with Gasteiger partial charge in [0, 0.05) is 7.05 Å². The van der Waals surface area contributed by atoms with Crippen molar-refractivity contribution in [2.75, 3.05) is 14.2 Å². The highest BCUT2D eigenvalue weighted by Crippen LogP contribution is 2.04. The minimum absolute atomic E-state index is 1.15. The maximum Gasteiger partial charge on any atom is 0.151 e. The lowest BCUT2D eigenvalue weighted by atomic mass is 11.5. The normalized spacial score (nSPS) is 12.8. The van der Waals surface area contributed by atoms with Crippen LogP contribution in [0.1, 0.15) is 0 Å². The van der Waals surface area contributed by atoms with Crippen LogP contribution in [0.3, 0.4) is 0 Å². The van der Waals surface area contributed by atoms with E-state index in [1.807, 2.05) is 11.8 Å². The Morgan fingerprint density at radius 3 is 1.62 bits per heavy atom. The van der Waals surface area contributed by atoms with Crippen LogP contribution in [0.4, 0.5) is 0 Å². The summed E-state index contributed by atoms with van der Waals surface area (Å²) in [5.41, 5.74) is 0. The lowest BCUT2D eigenvalue weighted by Crippen LogP contribution is -2.41. The molecule has 0 aromatic rings. The first kappa shape index (κ1) is 8.14. The molecular formula is C5H15NOSi. The molecule has 0 radical (unpaired) electrons. The highest BCUT2D eigenvalue weighted by Gasteiger charge is 2.19. The van der Waals surface area contributed by atoms with Crippen LogP contribution in [0.15, 0.2) is 0 Å². The molecule has 0 heterocycles. The zero-order chi connectivity index (χ0) is 6.78. The van der Waals surface area contributed by atoms with E-state index in [-0.39, 0.29) is 0 Å². The van der Waals surface area contributed by atoms with Crippen LogP contribution in [-0.2, 0) is 4.84 Å². The van der Waals surface area contributed by atoms with Gasteiger partial charge in [-0.2, -0.15) is 0 Å². The molecule has 3 heteroatoms. The number of hydrogen-bond acceptors (Lipinski definition) is 2. The fraction of sp³-hybridized carbons (Fsp3) is 1.00. The Bertz CT molecular complexity index is 69.3. The van der Waals surface area contributed by atoms with Gasteiger partial charge in [-0.05, 0) is 0 Å². The number of hydrogen-bond donors (Lipinski definition) is 0. The van der Waals surface area contributed by atoms with Crippen LogP contribution < -0.4 is 0 Å². The van der Waals surface area contributed by atoms with Crippen LogP contribution in [0.25, 0.3) is 0 Å². The molecule has 0 aliphatic rings. The molecule has 0 aromatic carbocycles. The molecule has 2 nitrogen and oxygen atoms in total. The van der Waals surface area contributed by atoms with Gasteiger partial charge in [0.25, 0.3) is 0 Å². The van der Waals surface area contributed by atoms with Gasteiger partial charge in [0.1, 0.15) is 0 Å². The summed E-state index contributed by atoms with van der Waals surface area (Å²) in [5.74, 6) is 0. The van der Waals surface area contributed by atoms with E-state index in [0.717, 1.165) is 0 Å². The maximum atomic E-state index is 5.01. The predicted octanol–water partition coefficient (Wildman–Crippen LogP) is 1.31. The van der Waals surface area contributed by atoms with Crippen LogP contribution >= 0.6 is 0 Å². The lowest BCUT2D eigenvalue weighted by molar-refractivity contribution is -0.0380. The quantitative estimate of drug-likeness (QED) is 0.416. The van der Waals surface area contributed by atoms with E-state index < -0.39 is 8.24 Å². The van der Waals surface area contributed by atoms with Crippen LogP contribution in [-0.4, -0.2) is 27.1 Å². The van der Waals surface area contributed by atoms with Gasteiger partial charge >= 0.3 is 0 Å². The van der Waals surface area contributed by atoms with Gasteiger partial charge in [-0.1, -0.05) is 19.6 Å². The topological polar surface area (TPSA) is 12.5 Å². The molecule has 0 fully saturated rings. The van der Waals surface area contributed by atoms with E-state index in [1.165, 1.54) is 0 Å². The summed E-state index contributed by atoms with van der Waals surface area (Å²) < 4.78 is 1.95. The molecule has 0 saturated heterocycles. The Kier molecular flexibility index (Phi) is 2.66. The molecule has 0 rings (SSSR count). The number of rotatable bonds is 2. The Labute approximate surface area is 52.5 Å². The van der Waals surface area contributed by atoms with Gasteiger partial charge in [-0.15, -0.1) is 0 Å². The Morgan fingerprint density at radius 2 is 1.62 bits per heavy atom. The molecule has 0 unspecified atom stereocenters. The van der Waals surface area contributed by atoms with Crippen LogP contribution in [0.5, 0.6) is 0 Å². The molecule has 0 spiro atoms. The van der Waals surface area contributed by atoms with Crippen LogP contribution in [0.2, 0.25) is 19.6 Å². The lowest BCUT2D eigenvalue weighted by Gasteiger charge is -2.26. The molecular weight excluding hydrogens is 118 g/mol. The molecule has 0 aliphatic heterocycles. The standard InChI is InChI=1S/C5H15NOSi/c1-6(7-2)8(3,4)5/h1-5H3. The van der Waals surface area contributed by atoms with E-state index in [0.29, 0.717) is 0 Å². The second-order valence-electron chi connectivity index (χ2n) is 2.85.